The molecule has 1 amide bonds. The van der Waals surface area contributed by atoms with Crippen molar-refractivity contribution in [2.45, 2.75) is 20.0 Å². The van der Waals surface area contributed by atoms with Crippen LogP contribution >= 0.6 is 0 Å². The van der Waals surface area contributed by atoms with Crippen LogP contribution in [0, 0.1) is 17.0 Å². The average molecular weight is 291 g/mol. The molecular weight excluding hydrogens is 278 g/mol. The third-order valence-electron chi connectivity index (χ3n) is 2.86. The summed E-state index contributed by atoms with van der Waals surface area (Å²) in [5.41, 5.74) is -0.406. The van der Waals surface area contributed by atoms with Gasteiger partial charge in [-0.05, 0) is 19.1 Å². The van der Waals surface area contributed by atoms with E-state index in [1.807, 2.05) is 0 Å². The third kappa shape index (κ3) is 3.56. The fraction of sp³-hybridized carbons (Fsp3) is 0.231. The van der Waals surface area contributed by atoms with Crippen molar-refractivity contribution in [2.75, 3.05) is 0 Å². The molecule has 2 aromatic rings. The van der Waals surface area contributed by atoms with Gasteiger partial charge in [0, 0.05) is 11.6 Å². The molecule has 0 atom stereocenters. The quantitative estimate of drug-likeness (QED) is 0.652. The molecule has 110 valence electrons. The third-order valence-corrected chi connectivity index (χ3v) is 2.86. The molecule has 0 spiro atoms. The minimum atomic E-state index is -0.591. The SMILES string of the molecule is Cc1cc(=O)n(CC(=O)NCc2ccco2)cc1[N+](=O)[O-]. The van der Waals surface area contributed by atoms with E-state index in [1.54, 1.807) is 12.1 Å². The van der Waals surface area contributed by atoms with Crippen LogP contribution in [0.25, 0.3) is 0 Å². The molecule has 0 saturated carbocycles. The largest absolute Gasteiger partial charge is 0.467 e. The average Bonchev–Trinajstić information content (AvgIpc) is 2.92. The van der Waals surface area contributed by atoms with Gasteiger partial charge in [-0.2, -0.15) is 0 Å². The van der Waals surface area contributed by atoms with Gasteiger partial charge in [-0.15, -0.1) is 0 Å². The summed E-state index contributed by atoms with van der Waals surface area (Å²) >= 11 is 0. The molecule has 0 aliphatic rings. The molecule has 0 radical (unpaired) electrons. The Morgan fingerprint density at radius 1 is 1.52 bits per heavy atom. The number of rotatable bonds is 5. The maximum Gasteiger partial charge on any atom is 0.288 e. The zero-order valence-electron chi connectivity index (χ0n) is 11.2. The van der Waals surface area contributed by atoms with Crippen LogP contribution in [0.3, 0.4) is 0 Å². The number of carbonyl (C=O) groups is 1. The molecule has 2 heterocycles. The summed E-state index contributed by atoms with van der Waals surface area (Å²) in [6.07, 6.45) is 2.56. The van der Waals surface area contributed by atoms with Crippen molar-refractivity contribution < 1.29 is 14.1 Å². The lowest BCUT2D eigenvalue weighted by Gasteiger charge is -2.07. The number of aryl methyl sites for hydroxylation is 1. The van der Waals surface area contributed by atoms with Crippen LogP contribution in [0.5, 0.6) is 0 Å². The van der Waals surface area contributed by atoms with Crippen molar-refractivity contribution in [1.82, 2.24) is 9.88 Å². The number of nitrogens with one attached hydrogen (secondary N) is 1. The zero-order valence-corrected chi connectivity index (χ0v) is 11.2. The zero-order chi connectivity index (χ0) is 15.4. The fourth-order valence-corrected chi connectivity index (χ4v) is 1.78. The Balaban J connectivity index is 2.08. The van der Waals surface area contributed by atoms with E-state index in [1.165, 1.54) is 13.2 Å². The number of nitro groups is 1. The maximum atomic E-state index is 11.7. The number of amides is 1. The molecule has 1 N–H and O–H groups in total. The second-order valence-electron chi connectivity index (χ2n) is 4.42. The topological polar surface area (TPSA) is 107 Å². The molecule has 0 aliphatic heterocycles. The highest BCUT2D eigenvalue weighted by atomic mass is 16.6. The molecule has 2 aromatic heterocycles. The molecule has 8 heteroatoms. The maximum absolute atomic E-state index is 11.7. The molecule has 21 heavy (non-hydrogen) atoms. The van der Waals surface area contributed by atoms with Crippen molar-refractivity contribution >= 4 is 11.6 Å². The smallest absolute Gasteiger partial charge is 0.288 e. The number of carbonyl (C=O) groups excluding carboxylic acids is 1. The molecule has 0 aromatic carbocycles. The van der Waals surface area contributed by atoms with E-state index < -0.39 is 16.4 Å². The van der Waals surface area contributed by atoms with Crippen molar-refractivity contribution in [3.05, 3.63) is 62.5 Å². The lowest BCUT2D eigenvalue weighted by Crippen LogP contribution is -2.31. The van der Waals surface area contributed by atoms with Crippen molar-refractivity contribution in [2.24, 2.45) is 0 Å². The van der Waals surface area contributed by atoms with Crippen LogP contribution in [0.2, 0.25) is 0 Å². The number of hydrogen-bond acceptors (Lipinski definition) is 5. The molecule has 0 fully saturated rings. The first kappa shape index (κ1) is 14.5. The second-order valence-corrected chi connectivity index (χ2v) is 4.42. The molecule has 0 unspecified atom stereocenters. The van der Waals surface area contributed by atoms with Crippen LogP contribution in [-0.4, -0.2) is 15.4 Å². The van der Waals surface area contributed by atoms with Crippen LogP contribution in [0.15, 0.2) is 39.9 Å². The molecule has 8 nitrogen and oxygen atoms in total. The van der Waals surface area contributed by atoms with Gasteiger partial charge in [0.15, 0.2) is 0 Å². The normalized spacial score (nSPS) is 10.3. The van der Waals surface area contributed by atoms with Crippen molar-refractivity contribution in [3.63, 3.8) is 0 Å². The monoisotopic (exact) mass is 291 g/mol. The Morgan fingerprint density at radius 3 is 2.90 bits per heavy atom. The van der Waals surface area contributed by atoms with Crippen molar-refractivity contribution in [1.29, 1.82) is 0 Å². The van der Waals surface area contributed by atoms with Gasteiger partial charge in [-0.3, -0.25) is 24.3 Å². The molecular formula is C13H13N3O5. The number of aromatic nitrogens is 1. The summed E-state index contributed by atoms with van der Waals surface area (Å²) in [6.45, 7) is 1.37. The van der Waals surface area contributed by atoms with E-state index in [9.17, 15) is 19.7 Å². The van der Waals surface area contributed by atoms with Crippen LogP contribution in [0.4, 0.5) is 5.69 Å². The van der Waals surface area contributed by atoms with Gasteiger partial charge in [0.2, 0.25) is 5.91 Å². The van der Waals surface area contributed by atoms with Gasteiger partial charge in [0.25, 0.3) is 11.2 Å². The predicted octanol–water partition coefficient (Wildman–Crippen LogP) is 0.974. The summed E-state index contributed by atoms with van der Waals surface area (Å²) in [4.78, 5) is 33.7. The lowest BCUT2D eigenvalue weighted by atomic mass is 10.2. The number of pyridine rings is 1. The van der Waals surface area contributed by atoms with Gasteiger partial charge in [-0.1, -0.05) is 0 Å². The van der Waals surface area contributed by atoms with Gasteiger partial charge in [0.05, 0.1) is 23.9 Å². The van der Waals surface area contributed by atoms with E-state index in [-0.39, 0.29) is 24.3 Å². The minimum Gasteiger partial charge on any atom is -0.467 e. The predicted molar refractivity (Wildman–Crippen MR) is 72.6 cm³/mol. The van der Waals surface area contributed by atoms with E-state index in [0.717, 1.165) is 16.8 Å². The first-order chi connectivity index (χ1) is 9.97. The highest BCUT2D eigenvalue weighted by molar-refractivity contribution is 5.75. The molecule has 0 bridgehead atoms. The Hall–Kier alpha value is -2.90. The van der Waals surface area contributed by atoms with E-state index in [2.05, 4.69) is 5.32 Å². The van der Waals surface area contributed by atoms with Gasteiger partial charge < -0.3 is 9.73 Å². The Morgan fingerprint density at radius 2 is 2.29 bits per heavy atom. The van der Waals surface area contributed by atoms with E-state index in [4.69, 9.17) is 4.42 Å². The standard InChI is InChI=1S/C13H13N3O5/c1-9-5-13(18)15(7-11(9)16(19)20)8-12(17)14-6-10-3-2-4-21-10/h2-5,7H,6,8H2,1H3,(H,14,17). The summed E-state index contributed by atoms with van der Waals surface area (Å²) in [7, 11) is 0. The second kappa shape index (κ2) is 6.04. The van der Waals surface area contributed by atoms with E-state index >= 15 is 0 Å². The molecule has 2 rings (SSSR count). The van der Waals surface area contributed by atoms with Crippen LogP contribution < -0.4 is 10.9 Å². The van der Waals surface area contributed by atoms with Crippen molar-refractivity contribution in [3.8, 4) is 0 Å². The number of furan rings is 1. The number of hydrogen-bond donors (Lipinski definition) is 1. The Bertz CT molecular complexity index is 718. The van der Waals surface area contributed by atoms with Crippen LogP contribution in [-0.2, 0) is 17.9 Å². The molecule has 0 saturated heterocycles. The highest BCUT2D eigenvalue weighted by Crippen LogP contribution is 2.13. The summed E-state index contributed by atoms with van der Waals surface area (Å²) in [5, 5.41) is 13.4. The number of nitrogens with zero attached hydrogens (tertiary/aromatic N) is 2. The minimum absolute atomic E-state index is 0.189. The first-order valence-corrected chi connectivity index (χ1v) is 6.12. The highest BCUT2D eigenvalue weighted by Gasteiger charge is 2.14. The first-order valence-electron chi connectivity index (χ1n) is 6.12. The Kier molecular flexibility index (Phi) is 4.17. The van der Waals surface area contributed by atoms with Gasteiger partial charge in [0.1, 0.15) is 12.3 Å². The Labute approximate surface area is 119 Å². The van der Waals surface area contributed by atoms with Gasteiger partial charge in [-0.25, -0.2) is 0 Å². The molecule has 0 aliphatic carbocycles. The summed E-state index contributed by atoms with van der Waals surface area (Å²) in [5.74, 6) is 0.136. The van der Waals surface area contributed by atoms with Gasteiger partial charge >= 0.3 is 0 Å². The van der Waals surface area contributed by atoms with Crippen LogP contribution in [0.1, 0.15) is 11.3 Å². The summed E-state index contributed by atoms with van der Waals surface area (Å²) < 4.78 is 6.05. The summed E-state index contributed by atoms with van der Waals surface area (Å²) in [6, 6.07) is 4.52. The lowest BCUT2D eigenvalue weighted by molar-refractivity contribution is -0.385. The van der Waals surface area contributed by atoms with E-state index in [0.29, 0.717) is 5.76 Å². The fourth-order valence-electron chi connectivity index (χ4n) is 1.78.